The van der Waals surface area contributed by atoms with Gasteiger partial charge in [0.05, 0.1) is 24.1 Å². The van der Waals surface area contributed by atoms with E-state index in [0.29, 0.717) is 18.5 Å². The third-order valence-electron chi connectivity index (χ3n) is 5.03. The third kappa shape index (κ3) is 3.08. The predicted molar refractivity (Wildman–Crippen MR) is 95.7 cm³/mol. The second-order valence-electron chi connectivity index (χ2n) is 6.59. The Balaban J connectivity index is 1.56. The van der Waals surface area contributed by atoms with Crippen LogP contribution in [0.4, 0.5) is 0 Å². The Bertz CT molecular complexity index is 836. The summed E-state index contributed by atoms with van der Waals surface area (Å²) in [5.41, 5.74) is 9.97. The number of rotatable bonds is 5. The summed E-state index contributed by atoms with van der Waals surface area (Å²) in [7, 11) is 1.90. The number of nitrogens with zero attached hydrogens (tertiary/aromatic N) is 5. The molecule has 1 fully saturated rings. The van der Waals surface area contributed by atoms with Gasteiger partial charge in [0.15, 0.2) is 0 Å². The van der Waals surface area contributed by atoms with Crippen LogP contribution in [0.5, 0.6) is 0 Å². The molecule has 7 nitrogen and oxygen atoms in total. The lowest BCUT2D eigenvalue weighted by atomic mass is 9.95. The second kappa shape index (κ2) is 6.78. The van der Waals surface area contributed by atoms with Gasteiger partial charge in [-0.25, -0.2) is 4.68 Å². The van der Waals surface area contributed by atoms with E-state index in [2.05, 4.69) is 51.1 Å². The molecule has 3 heterocycles. The molecule has 0 saturated carbocycles. The number of aryl methyl sites for hydroxylation is 1. The predicted octanol–water partition coefficient (Wildman–Crippen LogP) is 1.14. The van der Waals surface area contributed by atoms with E-state index in [0.717, 1.165) is 36.5 Å². The van der Waals surface area contributed by atoms with E-state index < -0.39 is 0 Å². The smallest absolute Gasteiger partial charge is 0.116 e. The largest absolute Gasteiger partial charge is 0.325 e. The minimum atomic E-state index is 0.305. The topological polar surface area (TPSA) is 86.6 Å². The van der Waals surface area contributed by atoms with Gasteiger partial charge in [-0.15, -0.1) is 5.10 Å². The molecule has 4 rings (SSSR count). The van der Waals surface area contributed by atoms with Gasteiger partial charge in [0.2, 0.25) is 0 Å². The summed E-state index contributed by atoms with van der Waals surface area (Å²) in [5, 5.41) is 16.6. The molecule has 7 heteroatoms. The first-order valence-corrected chi connectivity index (χ1v) is 8.64. The molecule has 0 radical (unpaired) electrons. The molecule has 25 heavy (non-hydrogen) atoms. The SMILES string of the molecule is Cn1ncc(-c2cn([C@@H]3CNC[C@@H]3Cc3ccccc3)nn2)c1CN. The maximum Gasteiger partial charge on any atom is 0.116 e. The molecule has 130 valence electrons. The molecule has 2 aromatic heterocycles. The van der Waals surface area contributed by atoms with Crippen LogP contribution in [0.15, 0.2) is 42.7 Å². The van der Waals surface area contributed by atoms with Crippen LogP contribution in [0.3, 0.4) is 0 Å². The normalized spacial score (nSPS) is 20.2. The van der Waals surface area contributed by atoms with Crippen molar-refractivity contribution in [3.63, 3.8) is 0 Å². The Kier molecular flexibility index (Phi) is 4.33. The first kappa shape index (κ1) is 16.0. The molecule has 3 N–H and O–H groups in total. The lowest BCUT2D eigenvalue weighted by Gasteiger charge is -2.18. The number of benzene rings is 1. The molecule has 1 aliphatic rings. The van der Waals surface area contributed by atoms with Crippen LogP contribution in [0.2, 0.25) is 0 Å². The van der Waals surface area contributed by atoms with Gasteiger partial charge in [0.1, 0.15) is 5.69 Å². The highest BCUT2D eigenvalue weighted by molar-refractivity contribution is 5.59. The monoisotopic (exact) mass is 337 g/mol. The van der Waals surface area contributed by atoms with Crippen molar-refractivity contribution in [2.24, 2.45) is 18.7 Å². The number of hydrogen-bond acceptors (Lipinski definition) is 5. The molecule has 1 aromatic carbocycles. The fourth-order valence-corrected chi connectivity index (χ4v) is 3.64. The van der Waals surface area contributed by atoms with Gasteiger partial charge in [-0.1, -0.05) is 35.5 Å². The van der Waals surface area contributed by atoms with E-state index in [-0.39, 0.29) is 0 Å². The van der Waals surface area contributed by atoms with Crippen molar-refractivity contribution in [3.8, 4) is 11.3 Å². The molecular weight excluding hydrogens is 314 g/mol. The van der Waals surface area contributed by atoms with Crippen LogP contribution < -0.4 is 11.1 Å². The Morgan fingerprint density at radius 3 is 2.88 bits per heavy atom. The molecule has 2 atom stereocenters. The van der Waals surface area contributed by atoms with Crippen LogP contribution in [0.25, 0.3) is 11.3 Å². The summed E-state index contributed by atoms with van der Waals surface area (Å²) in [6.45, 7) is 2.34. The van der Waals surface area contributed by atoms with Gasteiger partial charge in [-0.2, -0.15) is 5.10 Å². The molecule has 0 bridgehead atoms. The first-order valence-electron chi connectivity index (χ1n) is 8.64. The number of nitrogens with two attached hydrogens (primary N) is 1. The minimum Gasteiger partial charge on any atom is -0.325 e. The van der Waals surface area contributed by atoms with Crippen molar-refractivity contribution >= 4 is 0 Å². The highest BCUT2D eigenvalue weighted by Gasteiger charge is 2.30. The Morgan fingerprint density at radius 2 is 2.08 bits per heavy atom. The molecule has 1 saturated heterocycles. The molecular formula is C18H23N7. The highest BCUT2D eigenvalue weighted by atomic mass is 15.4. The quantitative estimate of drug-likeness (QED) is 0.729. The maximum absolute atomic E-state index is 5.84. The zero-order chi connectivity index (χ0) is 17.2. The van der Waals surface area contributed by atoms with Gasteiger partial charge < -0.3 is 11.1 Å². The van der Waals surface area contributed by atoms with Crippen LogP contribution in [0, 0.1) is 5.92 Å². The minimum absolute atomic E-state index is 0.305. The van der Waals surface area contributed by atoms with Crippen molar-refractivity contribution in [2.75, 3.05) is 13.1 Å². The van der Waals surface area contributed by atoms with Crippen LogP contribution >= 0.6 is 0 Å². The van der Waals surface area contributed by atoms with Gasteiger partial charge in [0, 0.05) is 32.2 Å². The van der Waals surface area contributed by atoms with E-state index in [1.165, 1.54) is 5.56 Å². The molecule has 0 aliphatic carbocycles. The summed E-state index contributed by atoms with van der Waals surface area (Å²) >= 11 is 0. The molecule has 0 amide bonds. The van der Waals surface area contributed by atoms with Crippen LogP contribution in [0.1, 0.15) is 17.3 Å². The summed E-state index contributed by atoms with van der Waals surface area (Å²) in [6.07, 6.45) is 4.87. The van der Waals surface area contributed by atoms with Gasteiger partial charge in [-0.3, -0.25) is 4.68 Å². The van der Waals surface area contributed by atoms with Gasteiger partial charge in [-0.05, 0) is 17.9 Å². The Hall–Kier alpha value is -2.51. The summed E-state index contributed by atoms with van der Waals surface area (Å²) in [6, 6.07) is 10.9. The zero-order valence-corrected chi connectivity index (χ0v) is 14.3. The highest BCUT2D eigenvalue weighted by Crippen LogP contribution is 2.27. The molecule has 0 spiro atoms. The van der Waals surface area contributed by atoms with E-state index in [1.54, 1.807) is 4.68 Å². The summed E-state index contributed by atoms with van der Waals surface area (Å²) < 4.78 is 3.79. The summed E-state index contributed by atoms with van der Waals surface area (Å²) in [5.74, 6) is 0.500. The molecule has 1 aliphatic heterocycles. The third-order valence-corrected chi connectivity index (χ3v) is 5.03. The van der Waals surface area contributed by atoms with E-state index in [1.807, 2.05) is 24.1 Å². The number of hydrogen-bond donors (Lipinski definition) is 2. The van der Waals surface area contributed by atoms with Crippen molar-refractivity contribution < 1.29 is 0 Å². The molecule has 3 aromatic rings. The fraction of sp³-hybridized carbons (Fsp3) is 0.389. The van der Waals surface area contributed by atoms with Crippen molar-refractivity contribution in [3.05, 3.63) is 54.0 Å². The first-order chi connectivity index (χ1) is 12.3. The van der Waals surface area contributed by atoms with Crippen molar-refractivity contribution in [1.82, 2.24) is 30.1 Å². The Morgan fingerprint density at radius 1 is 1.24 bits per heavy atom. The second-order valence-corrected chi connectivity index (χ2v) is 6.59. The zero-order valence-electron chi connectivity index (χ0n) is 14.3. The van der Waals surface area contributed by atoms with Gasteiger partial charge in [0.25, 0.3) is 0 Å². The number of aromatic nitrogens is 5. The van der Waals surface area contributed by atoms with Crippen LogP contribution in [-0.2, 0) is 20.0 Å². The van der Waals surface area contributed by atoms with Gasteiger partial charge >= 0.3 is 0 Å². The van der Waals surface area contributed by atoms with Crippen molar-refractivity contribution in [1.29, 1.82) is 0 Å². The van der Waals surface area contributed by atoms with E-state index >= 15 is 0 Å². The van der Waals surface area contributed by atoms with Crippen molar-refractivity contribution in [2.45, 2.75) is 19.0 Å². The maximum atomic E-state index is 5.84. The van der Waals surface area contributed by atoms with E-state index in [9.17, 15) is 0 Å². The number of nitrogens with one attached hydrogen (secondary N) is 1. The van der Waals surface area contributed by atoms with E-state index in [4.69, 9.17) is 5.73 Å². The standard InChI is InChI=1S/C18H23N7/c1-24-17(8-19)15(10-21-24)16-12-25(23-22-16)18-11-20-9-14(18)7-13-5-3-2-4-6-13/h2-6,10,12,14,18,20H,7-9,11,19H2,1H3/t14-,18+/m0/s1. The fourth-order valence-electron chi connectivity index (χ4n) is 3.64. The average molecular weight is 337 g/mol. The lowest BCUT2D eigenvalue weighted by Crippen LogP contribution is -2.20. The average Bonchev–Trinajstić information content (AvgIpc) is 3.34. The van der Waals surface area contributed by atoms with Crippen LogP contribution in [-0.4, -0.2) is 37.9 Å². The lowest BCUT2D eigenvalue weighted by molar-refractivity contribution is 0.368. The summed E-state index contributed by atoms with van der Waals surface area (Å²) in [4.78, 5) is 0. The Labute approximate surface area is 146 Å². The molecule has 0 unspecified atom stereocenters.